The molecule has 0 aromatic rings. The van der Waals surface area contributed by atoms with E-state index in [1.165, 1.54) is 180 Å². The Bertz CT molecular complexity index is 1340. The molecule has 10 saturated carbocycles. The van der Waals surface area contributed by atoms with Crippen molar-refractivity contribution in [2.75, 3.05) is 27.4 Å². The monoisotopic (exact) mass is 885 g/mol. The van der Waals surface area contributed by atoms with Gasteiger partial charge in [0.05, 0.1) is 0 Å². The summed E-state index contributed by atoms with van der Waals surface area (Å²) in [5.41, 5.74) is 1.11. The van der Waals surface area contributed by atoms with Gasteiger partial charge >= 0.3 is 0 Å². The van der Waals surface area contributed by atoms with Gasteiger partial charge in [0, 0.05) is 63.7 Å². The second-order valence-electron chi connectivity index (χ2n) is 27.2. The Morgan fingerprint density at radius 3 is 1.02 bits per heavy atom. The molecule has 366 valence electrons. The van der Waals surface area contributed by atoms with Crippen LogP contribution in [0.25, 0.3) is 0 Å². The molecule has 4 heteroatoms. The number of methoxy groups -OCH3 is 2. The molecule has 4 nitrogen and oxygen atoms in total. The van der Waals surface area contributed by atoms with E-state index in [-0.39, 0.29) is 0 Å². The van der Waals surface area contributed by atoms with Gasteiger partial charge in [0.15, 0.2) is 0 Å². The summed E-state index contributed by atoms with van der Waals surface area (Å²) in [6.07, 6.45) is 47.8. The normalized spacial score (nSPS) is 46.9. The first-order valence-electron chi connectivity index (χ1n) is 29.7. The molecule has 0 radical (unpaired) electrons. The zero-order valence-electron chi connectivity index (χ0n) is 43.1. The maximum Gasteiger partial charge on any atom is 0.0464 e. The molecule has 0 aromatic carbocycles. The number of hydrogen-bond donors (Lipinski definition) is 0. The Hall–Kier alpha value is -0.160. The topological polar surface area (TPSA) is 24.9 Å². The highest BCUT2D eigenvalue weighted by Gasteiger charge is 2.59. The van der Waals surface area contributed by atoms with Gasteiger partial charge < -0.3 is 9.47 Å². The van der Waals surface area contributed by atoms with Crippen LogP contribution in [0, 0.1) is 81.8 Å². The molecular formula is C60H104N2O2. The van der Waals surface area contributed by atoms with Gasteiger partial charge in [0.25, 0.3) is 0 Å². The third-order valence-electron chi connectivity index (χ3n) is 24.1. The van der Waals surface area contributed by atoms with Gasteiger partial charge in [-0.2, -0.15) is 0 Å². The fourth-order valence-corrected chi connectivity index (χ4v) is 20.9. The van der Waals surface area contributed by atoms with E-state index < -0.39 is 0 Å². The average Bonchev–Trinajstić information content (AvgIpc) is 3.70. The minimum atomic E-state index is 0.554. The van der Waals surface area contributed by atoms with Crippen molar-refractivity contribution in [2.24, 2.45) is 81.8 Å². The summed E-state index contributed by atoms with van der Waals surface area (Å²) >= 11 is 0. The molecule has 0 bridgehead atoms. The van der Waals surface area contributed by atoms with E-state index in [9.17, 15) is 0 Å². The number of ether oxygens (including phenoxy) is 2. The van der Waals surface area contributed by atoms with Crippen LogP contribution in [0.3, 0.4) is 0 Å². The number of nitrogens with zero attached hydrogens (tertiary/aromatic N) is 2. The smallest absolute Gasteiger partial charge is 0.0464 e. The highest BCUT2D eigenvalue weighted by Crippen LogP contribution is 2.65. The van der Waals surface area contributed by atoms with Gasteiger partial charge in [-0.15, -0.1) is 0 Å². The van der Waals surface area contributed by atoms with Crippen molar-refractivity contribution in [3.8, 4) is 0 Å². The molecule has 0 amide bonds. The van der Waals surface area contributed by atoms with E-state index in [0.29, 0.717) is 10.8 Å². The van der Waals surface area contributed by atoms with Crippen molar-refractivity contribution in [2.45, 2.75) is 269 Å². The molecular weight excluding hydrogens is 781 g/mol. The lowest BCUT2D eigenvalue weighted by molar-refractivity contribution is -0.0329. The Labute approximate surface area is 396 Å². The van der Waals surface area contributed by atoms with Crippen molar-refractivity contribution in [3.63, 3.8) is 0 Å². The van der Waals surface area contributed by atoms with E-state index in [1.54, 1.807) is 25.7 Å². The number of hydrogen-bond acceptors (Lipinski definition) is 4. The summed E-state index contributed by atoms with van der Waals surface area (Å²) in [6, 6.07) is 5.11. The summed E-state index contributed by atoms with van der Waals surface area (Å²) in [5.74, 6) is 11.9. The van der Waals surface area contributed by atoms with Crippen LogP contribution in [0.2, 0.25) is 0 Å². The molecule has 0 spiro atoms. The molecule has 0 heterocycles. The lowest BCUT2D eigenvalue weighted by Crippen LogP contribution is -2.55. The molecule has 64 heavy (non-hydrogen) atoms. The second-order valence-corrected chi connectivity index (χ2v) is 27.2. The van der Waals surface area contributed by atoms with Crippen molar-refractivity contribution in [1.82, 2.24) is 9.80 Å². The largest absolute Gasteiger partial charge is 0.385 e. The van der Waals surface area contributed by atoms with Crippen LogP contribution in [0.5, 0.6) is 0 Å². The lowest BCUT2D eigenvalue weighted by Gasteiger charge is -2.53. The Morgan fingerprint density at radius 1 is 0.344 bits per heavy atom. The first-order chi connectivity index (χ1) is 31.1. The fourth-order valence-electron chi connectivity index (χ4n) is 20.9. The van der Waals surface area contributed by atoms with Crippen molar-refractivity contribution >= 4 is 0 Å². The third kappa shape index (κ3) is 9.43. The number of rotatable bonds is 13. The average molecular weight is 886 g/mol. The first-order valence-corrected chi connectivity index (χ1v) is 29.7. The first kappa shape index (κ1) is 47.5. The van der Waals surface area contributed by atoms with Crippen LogP contribution in [-0.2, 0) is 9.47 Å². The van der Waals surface area contributed by atoms with E-state index in [4.69, 9.17) is 9.47 Å². The van der Waals surface area contributed by atoms with Crippen LogP contribution in [0.1, 0.15) is 233 Å². The minimum absolute atomic E-state index is 0.554. The van der Waals surface area contributed by atoms with Gasteiger partial charge in [-0.1, -0.05) is 53.4 Å². The highest BCUT2D eigenvalue weighted by atomic mass is 16.5. The Balaban J connectivity index is 0.789. The standard InChI is InChI=1S/C60H104N2O2/c1-59(2)55-13-9-7-11-51(55)53-33-31-49(39-57(53)59)61(45-23-15-41(16-24-45)35-37-63-5)47-27-19-43(20-28-47)44-21-29-48(30-22-44)62(46-25-17-42(18-26-46)36-38-64-6)50-32-34-54-52-12-8-10-14-56(52)60(3,4)58(54)40-50/h41-58H,7-40H2,1-6H3. The maximum absolute atomic E-state index is 5.58. The molecule has 10 atom stereocenters. The summed E-state index contributed by atoms with van der Waals surface area (Å²) in [4.78, 5) is 6.68. The van der Waals surface area contributed by atoms with E-state index in [0.717, 1.165) is 120 Å². The lowest BCUT2D eigenvalue weighted by atomic mass is 9.66. The molecule has 10 unspecified atom stereocenters. The van der Waals surface area contributed by atoms with Crippen LogP contribution in [0.15, 0.2) is 0 Å². The van der Waals surface area contributed by atoms with Crippen molar-refractivity contribution in [3.05, 3.63) is 0 Å². The van der Waals surface area contributed by atoms with Crippen LogP contribution in [-0.4, -0.2) is 73.5 Å². The Morgan fingerprint density at radius 2 is 0.656 bits per heavy atom. The summed E-state index contributed by atoms with van der Waals surface area (Å²) in [7, 11) is 3.81. The molecule has 0 aromatic heterocycles. The highest BCUT2D eigenvalue weighted by molar-refractivity contribution is 5.09. The van der Waals surface area contributed by atoms with Crippen molar-refractivity contribution < 1.29 is 9.47 Å². The zero-order valence-corrected chi connectivity index (χ0v) is 43.1. The van der Waals surface area contributed by atoms with E-state index >= 15 is 0 Å². The van der Waals surface area contributed by atoms with Crippen LogP contribution in [0.4, 0.5) is 0 Å². The minimum Gasteiger partial charge on any atom is -0.385 e. The summed E-state index contributed by atoms with van der Waals surface area (Å²) < 4.78 is 11.2. The fraction of sp³-hybridized carbons (Fsp3) is 1.00. The predicted molar refractivity (Wildman–Crippen MR) is 267 cm³/mol. The molecule has 0 N–H and O–H groups in total. The molecule has 10 fully saturated rings. The van der Waals surface area contributed by atoms with Gasteiger partial charge in [-0.3, -0.25) is 9.80 Å². The van der Waals surface area contributed by atoms with E-state index in [2.05, 4.69) is 37.5 Å². The molecule has 10 aliphatic carbocycles. The Kier molecular flexibility index (Phi) is 15.3. The van der Waals surface area contributed by atoms with Gasteiger partial charge in [-0.25, -0.2) is 0 Å². The van der Waals surface area contributed by atoms with E-state index in [1.807, 2.05) is 14.2 Å². The van der Waals surface area contributed by atoms with Gasteiger partial charge in [0.1, 0.15) is 0 Å². The maximum atomic E-state index is 5.58. The van der Waals surface area contributed by atoms with Crippen LogP contribution >= 0.6 is 0 Å². The SMILES string of the molecule is COCCC1CCC(N(C2CCC(C3CCC(N(C4CCC(CCOC)CC4)C4CCC5C6CCCCC6C(C)(C)C5C4)CC3)CC2)C2CCC3C4CCCCC4C(C)(C)C3C2)CC1. The van der Waals surface area contributed by atoms with Gasteiger partial charge in [0.2, 0.25) is 0 Å². The van der Waals surface area contributed by atoms with Gasteiger partial charge in [-0.05, 0) is 262 Å². The summed E-state index contributed by atoms with van der Waals surface area (Å²) in [5, 5.41) is 0. The molecule has 0 aliphatic heterocycles. The van der Waals surface area contributed by atoms with Crippen molar-refractivity contribution in [1.29, 1.82) is 0 Å². The zero-order chi connectivity index (χ0) is 44.0. The summed E-state index contributed by atoms with van der Waals surface area (Å²) in [6.45, 7) is 12.9. The molecule has 10 aliphatic rings. The quantitative estimate of drug-likeness (QED) is 0.184. The number of fused-ring (bicyclic) bond motifs is 6. The third-order valence-corrected chi connectivity index (χ3v) is 24.1. The second kappa shape index (κ2) is 20.7. The molecule has 10 rings (SSSR count). The predicted octanol–water partition coefficient (Wildman–Crippen LogP) is 15.2. The van der Waals surface area contributed by atoms with Crippen LogP contribution < -0.4 is 0 Å². The molecule has 0 saturated heterocycles.